The van der Waals surface area contributed by atoms with Crippen molar-refractivity contribution in [3.05, 3.63) is 64.3 Å². The van der Waals surface area contributed by atoms with Crippen LogP contribution in [0.1, 0.15) is 18.2 Å². The summed E-state index contributed by atoms with van der Waals surface area (Å²) in [6, 6.07) is 11.3. The van der Waals surface area contributed by atoms with Crippen molar-refractivity contribution in [2.24, 2.45) is 0 Å². The van der Waals surface area contributed by atoms with Gasteiger partial charge in [0.05, 0.1) is 34.4 Å². The number of carbonyl (C=O) groups excluding carboxylic acids is 1. The van der Waals surface area contributed by atoms with Crippen molar-refractivity contribution in [3.8, 4) is 0 Å². The van der Waals surface area contributed by atoms with Crippen LogP contribution in [-0.4, -0.2) is 26.1 Å². The van der Waals surface area contributed by atoms with Gasteiger partial charge in [-0.3, -0.25) is 9.59 Å². The Morgan fingerprint density at radius 1 is 1.32 bits per heavy atom. The van der Waals surface area contributed by atoms with Gasteiger partial charge in [0.25, 0.3) is 5.56 Å². The largest absolute Gasteiger partial charge is 0.349 e. The minimum atomic E-state index is -0.310. The molecule has 0 aliphatic heterocycles. The smallest absolute Gasteiger partial charge is 0.250 e. The van der Waals surface area contributed by atoms with E-state index in [1.807, 2.05) is 44.2 Å². The van der Waals surface area contributed by atoms with Crippen molar-refractivity contribution in [2.45, 2.75) is 30.7 Å². The maximum absolute atomic E-state index is 12.3. The molecule has 6 nitrogen and oxygen atoms in total. The highest BCUT2D eigenvalue weighted by Crippen LogP contribution is 2.26. The molecule has 0 spiro atoms. The van der Waals surface area contributed by atoms with Crippen LogP contribution in [0.4, 0.5) is 0 Å². The Kier molecular flexibility index (Phi) is 5.14. The number of amides is 1. The van der Waals surface area contributed by atoms with E-state index >= 15 is 0 Å². The molecule has 2 heterocycles. The molecule has 0 unspecified atom stereocenters. The van der Waals surface area contributed by atoms with Gasteiger partial charge in [-0.05, 0) is 31.5 Å². The van der Waals surface area contributed by atoms with E-state index in [1.165, 1.54) is 24.2 Å². The Bertz CT molecular complexity index is 970. The second-order valence-electron chi connectivity index (χ2n) is 5.67. The van der Waals surface area contributed by atoms with Gasteiger partial charge in [0.1, 0.15) is 0 Å². The first-order valence-corrected chi connectivity index (χ1v) is 8.75. The standard InChI is InChI=1S/C18H18N4O2S/c1-11-7-17(22-15-6-4-3-5-14(11)15)25-12(2)18(24)19-9-13-8-16(23)21-10-20-13/h3-8,10,12H,9H2,1-2H3,(H,19,24)(H,20,21,23)/t12-/m1/s1. The molecule has 128 valence electrons. The van der Waals surface area contributed by atoms with Crippen molar-refractivity contribution in [1.29, 1.82) is 0 Å². The topological polar surface area (TPSA) is 87.7 Å². The first-order chi connectivity index (χ1) is 12.0. The molecular weight excluding hydrogens is 336 g/mol. The molecule has 0 aliphatic rings. The highest BCUT2D eigenvalue weighted by molar-refractivity contribution is 8.00. The molecule has 0 fully saturated rings. The molecule has 7 heteroatoms. The number of hydrogen-bond donors (Lipinski definition) is 2. The lowest BCUT2D eigenvalue weighted by molar-refractivity contribution is -0.120. The number of fused-ring (bicyclic) bond motifs is 1. The number of thioether (sulfide) groups is 1. The SMILES string of the molecule is Cc1cc(S[C@H](C)C(=O)NCc2cc(=O)[nH]cn2)nc2ccccc12. The third-order valence-electron chi connectivity index (χ3n) is 3.74. The molecule has 1 amide bonds. The van der Waals surface area contributed by atoms with Gasteiger partial charge in [-0.25, -0.2) is 9.97 Å². The molecule has 0 saturated carbocycles. The molecule has 3 rings (SSSR count). The van der Waals surface area contributed by atoms with Crippen LogP contribution < -0.4 is 10.9 Å². The average Bonchev–Trinajstić information content (AvgIpc) is 2.60. The van der Waals surface area contributed by atoms with E-state index in [9.17, 15) is 9.59 Å². The zero-order valence-corrected chi connectivity index (χ0v) is 14.8. The zero-order valence-electron chi connectivity index (χ0n) is 13.9. The predicted molar refractivity (Wildman–Crippen MR) is 98.5 cm³/mol. The normalized spacial score (nSPS) is 12.1. The Morgan fingerprint density at radius 3 is 2.92 bits per heavy atom. The van der Waals surface area contributed by atoms with Gasteiger partial charge in [0, 0.05) is 11.5 Å². The Morgan fingerprint density at radius 2 is 2.12 bits per heavy atom. The van der Waals surface area contributed by atoms with Crippen LogP contribution in [0.2, 0.25) is 0 Å². The van der Waals surface area contributed by atoms with Gasteiger partial charge < -0.3 is 10.3 Å². The van der Waals surface area contributed by atoms with E-state index in [-0.39, 0.29) is 23.3 Å². The van der Waals surface area contributed by atoms with Crippen LogP contribution in [-0.2, 0) is 11.3 Å². The molecule has 3 aromatic rings. The van der Waals surface area contributed by atoms with Crippen LogP contribution >= 0.6 is 11.8 Å². The van der Waals surface area contributed by atoms with Gasteiger partial charge >= 0.3 is 0 Å². The molecule has 1 aromatic carbocycles. The second kappa shape index (κ2) is 7.48. The van der Waals surface area contributed by atoms with Crippen LogP contribution in [0.15, 0.2) is 52.5 Å². The number of benzene rings is 1. The van der Waals surface area contributed by atoms with E-state index in [0.717, 1.165) is 21.5 Å². The van der Waals surface area contributed by atoms with Crippen LogP contribution in [0.3, 0.4) is 0 Å². The summed E-state index contributed by atoms with van der Waals surface area (Å²) in [5, 5.41) is 4.41. The summed E-state index contributed by atoms with van der Waals surface area (Å²) in [4.78, 5) is 34.6. The number of aromatic nitrogens is 3. The molecule has 25 heavy (non-hydrogen) atoms. The highest BCUT2D eigenvalue weighted by atomic mass is 32.2. The Hall–Kier alpha value is -2.67. The number of nitrogens with zero attached hydrogens (tertiary/aromatic N) is 2. The fourth-order valence-corrected chi connectivity index (χ4v) is 3.39. The van der Waals surface area contributed by atoms with E-state index in [1.54, 1.807) is 0 Å². The summed E-state index contributed by atoms with van der Waals surface area (Å²) in [6.07, 6.45) is 1.32. The first-order valence-electron chi connectivity index (χ1n) is 7.87. The van der Waals surface area contributed by atoms with Crippen LogP contribution in [0, 0.1) is 6.92 Å². The Labute approximate surface area is 149 Å². The molecule has 0 bridgehead atoms. The summed E-state index contributed by atoms with van der Waals surface area (Å²) in [5.74, 6) is -0.125. The number of nitrogens with one attached hydrogen (secondary N) is 2. The zero-order chi connectivity index (χ0) is 17.8. The summed E-state index contributed by atoms with van der Waals surface area (Å²) < 4.78 is 0. The van der Waals surface area contributed by atoms with Gasteiger partial charge in [-0.1, -0.05) is 30.0 Å². The molecule has 0 aliphatic carbocycles. The van der Waals surface area contributed by atoms with Gasteiger partial charge in [0.15, 0.2) is 0 Å². The number of aromatic amines is 1. The van der Waals surface area contributed by atoms with Crippen molar-refractivity contribution in [1.82, 2.24) is 20.3 Å². The summed E-state index contributed by atoms with van der Waals surface area (Å²) in [7, 11) is 0. The van der Waals surface area contributed by atoms with E-state index in [2.05, 4.69) is 20.3 Å². The second-order valence-corrected chi connectivity index (χ2v) is 7.04. The minimum absolute atomic E-state index is 0.125. The highest BCUT2D eigenvalue weighted by Gasteiger charge is 2.16. The van der Waals surface area contributed by atoms with Crippen molar-refractivity contribution in [2.75, 3.05) is 0 Å². The summed E-state index contributed by atoms with van der Waals surface area (Å²) in [5.41, 5.74) is 2.34. The van der Waals surface area contributed by atoms with Crippen molar-refractivity contribution in [3.63, 3.8) is 0 Å². The minimum Gasteiger partial charge on any atom is -0.349 e. The van der Waals surface area contributed by atoms with E-state index < -0.39 is 0 Å². The predicted octanol–water partition coefficient (Wildman–Crippen LogP) is 2.42. The molecule has 2 aromatic heterocycles. The maximum Gasteiger partial charge on any atom is 0.250 e. The molecule has 2 N–H and O–H groups in total. The lowest BCUT2D eigenvalue weighted by Gasteiger charge is -2.12. The number of pyridine rings is 1. The van der Waals surface area contributed by atoms with E-state index in [4.69, 9.17) is 0 Å². The third kappa shape index (κ3) is 4.24. The monoisotopic (exact) mass is 354 g/mol. The van der Waals surface area contributed by atoms with Crippen molar-refractivity contribution < 1.29 is 4.79 Å². The van der Waals surface area contributed by atoms with Crippen molar-refractivity contribution >= 4 is 28.6 Å². The molecule has 0 saturated heterocycles. The fourth-order valence-electron chi connectivity index (χ4n) is 2.44. The number of rotatable bonds is 5. The number of para-hydroxylation sites is 1. The summed E-state index contributed by atoms with van der Waals surface area (Å²) >= 11 is 1.41. The summed E-state index contributed by atoms with van der Waals surface area (Å²) in [6.45, 7) is 4.09. The number of aryl methyl sites for hydroxylation is 1. The molecule has 0 radical (unpaired) electrons. The van der Waals surface area contributed by atoms with Crippen LogP contribution in [0.5, 0.6) is 0 Å². The van der Waals surface area contributed by atoms with E-state index in [0.29, 0.717) is 5.69 Å². The third-order valence-corrected chi connectivity index (χ3v) is 4.76. The molecular formula is C18H18N4O2S. The number of H-pyrrole nitrogens is 1. The number of carbonyl (C=O) groups is 1. The quantitative estimate of drug-likeness (QED) is 0.687. The van der Waals surface area contributed by atoms with Gasteiger partial charge in [0.2, 0.25) is 5.91 Å². The van der Waals surface area contributed by atoms with Gasteiger partial charge in [-0.2, -0.15) is 0 Å². The maximum atomic E-state index is 12.3. The lowest BCUT2D eigenvalue weighted by atomic mass is 10.1. The lowest BCUT2D eigenvalue weighted by Crippen LogP contribution is -2.31. The van der Waals surface area contributed by atoms with Crippen LogP contribution in [0.25, 0.3) is 10.9 Å². The first kappa shape index (κ1) is 17.2. The molecule has 1 atom stereocenters. The fraction of sp³-hybridized carbons (Fsp3) is 0.222. The Balaban J connectivity index is 1.66. The van der Waals surface area contributed by atoms with Gasteiger partial charge in [-0.15, -0.1) is 0 Å². The number of hydrogen-bond acceptors (Lipinski definition) is 5. The average molecular weight is 354 g/mol.